The normalized spacial score (nSPS) is 10.6. The average molecular weight is 330 g/mol. The van der Waals surface area contributed by atoms with E-state index in [4.69, 9.17) is 4.42 Å². The Kier molecular flexibility index (Phi) is 4.10. The van der Waals surface area contributed by atoms with Crippen LogP contribution in [0.3, 0.4) is 0 Å². The molecule has 0 aliphatic rings. The highest BCUT2D eigenvalue weighted by atomic mass is 16.5. The molecule has 10 heteroatoms. The van der Waals surface area contributed by atoms with Crippen LogP contribution < -0.4 is 10.6 Å². The van der Waals surface area contributed by atoms with Gasteiger partial charge in [-0.1, -0.05) is 0 Å². The zero-order valence-electron chi connectivity index (χ0n) is 12.9. The van der Waals surface area contributed by atoms with Crippen LogP contribution in [0, 0.1) is 6.92 Å². The van der Waals surface area contributed by atoms with E-state index in [2.05, 4.69) is 30.6 Å². The minimum atomic E-state index is -0.665. The highest BCUT2D eigenvalue weighted by Gasteiger charge is 2.10. The van der Waals surface area contributed by atoms with Crippen molar-refractivity contribution >= 4 is 34.6 Å². The fraction of sp³-hybridized carbons (Fsp3) is 0.214. The molecule has 124 valence electrons. The molecule has 10 nitrogen and oxygen atoms in total. The Morgan fingerprint density at radius 3 is 2.96 bits per heavy atom. The van der Waals surface area contributed by atoms with Gasteiger partial charge in [0.1, 0.15) is 12.1 Å². The summed E-state index contributed by atoms with van der Waals surface area (Å²) in [5, 5.41) is 12.9. The van der Waals surface area contributed by atoms with E-state index < -0.39 is 6.09 Å². The summed E-state index contributed by atoms with van der Waals surface area (Å²) in [5.41, 5.74) is 1.88. The van der Waals surface area contributed by atoms with Gasteiger partial charge in [-0.3, -0.25) is 10.1 Å². The molecule has 2 heterocycles. The van der Waals surface area contributed by atoms with E-state index in [0.29, 0.717) is 17.2 Å². The molecule has 0 aliphatic carbocycles. The molecule has 0 saturated heterocycles. The number of nitrogens with zero attached hydrogens (tertiary/aromatic N) is 4. The summed E-state index contributed by atoms with van der Waals surface area (Å²) in [5.74, 6) is 0.416. The van der Waals surface area contributed by atoms with Crippen molar-refractivity contribution in [3.8, 4) is 0 Å². The van der Waals surface area contributed by atoms with E-state index in [1.807, 2.05) is 0 Å². The SMILES string of the molecule is COC(=O)Nc1cnn(CC(=O)Nc2ccc3nc(C)oc3c2)n1. The largest absolute Gasteiger partial charge is 0.453 e. The predicted octanol–water partition coefficient (Wildman–Crippen LogP) is 1.54. The quantitative estimate of drug-likeness (QED) is 0.743. The molecule has 2 N–H and O–H groups in total. The molecule has 0 spiro atoms. The lowest BCUT2D eigenvalue weighted by Crippen LogP contribution is -2.20. The van der Waals surface area contributed by atoms with Crippen LogP contribution in [0.5, 0.6) is 0 Å². The van der Waals surface area contributed by atoms with Crippen LogP contribution in [0.2, 0.25) is 0 Å². The number of fused-ring (bicyclic) bond motifs is 1. The van der Waals surface area contributed by atoms with E-state index in [-0.39, 0.29) is 18.3 Å². The van der Waals surface area contributed by atoms with E-state index in [1.54, 1.807) is 25.1 Å². The van der Waals surface area contributed by atoms with Crippen molar-refractivity contribution in [3.05, 3.63) is 30.3 Å². The van der Waals surface area contributed by atoms with Crippen molar-refractivity contribution in [1.82, 2.24) is 20.0 Å². The second-order valence-corrected chi connectivity index (χ2v) is 4.84. The number of aromatic nitrogens is 4. The van der Waals surface area contributed by atoms with Crippen LogP contribution in [-0.2, 0) is 16.1 Å². The number of carbonyl (C=O) groups is 2. The highest BCUT2D eigenvalue weighted by molar-refractivity contribution is 5.92. The molecule has 24 heavy (non-hydrogen) atoms. The van der Waals surface area contributed by atoms with Gasteiger partial charge in [0.15, 0.2) is 17.3 Å². The van der Waals surface area contributed by atoms with E-state index >= 15 is 0 Å². The van der Waals surface area contributed by atoms with Crippen LogP contribution in [-0.4, -0.2) is 39.1 Å². The van der Waals surface area contributed by atoms with Crippen molar-refractivity contribution in [2.24, 2.45) is 0 Å². The topological polar surface area (TPSA) is 124 Å². The Morgan fingerprint density at radius 2 is 2.17 bits per heavy atom. The molecule has 0 unspecified atom stereocenters. The van der Waals surface area contributed by atoms with Gasteiger partial charge in [-0.05, 0) is 12.1 Å². The maximum absolute atomic E-state index is 12.0. The first-order valence-electron chi connectivity index (χ1n) is 6.95. The van der Waals surface area contributed by atoms with Crippen molar-refractivity contribution in [1.29, 1.82) is 0 Å². The minimum Gasteiger partial charge on any atom is -0.453 e. The molecule has 1 aromatic carbocycles. The Balaban J connectivity index is 1.63. The standard InChI is InChI=1S/C14H14N6O4/c1-8-16-10-4-3-9(5-11(10)24-8)17-13(21)7-20-15-6-12(19-20)18-14(22)23-2/h3-6H,7H2,1-2H3,(H,17,21)(H,18,19,22). The third kappa shape index (κ3) is 3.48. The van der Waals surface area contributed by atoms with Gasteiger partial charge in [-0.15, -0.1) is 5.10 Å². The summed E-state index contributed by atoms with van der Waals surface area (Å²) in [4.78, 5) is 28.4. The molecule has 0 aliphatic heterocycles. The maximum atomic E-state index is 12.0. The van der Waals surface area contributed by atoms with Crippen LogP contribution in [0.25, 0.3) is 11.1 Å². The van der Waals surface area contributed by atoms with Crippen LogP contribution in [0.15, 0.2) is 28.8 Å². The monoisotopic (exact) mass is 330 g/mol. The lowest BCUT2D eigenvalue weighted by Gasteiger charge is -2.04. The van der Waals surface area contributed by atoms with Gasteiger partial charge < -0.3 is 14.5 Å². The van der Waals surface area contributed by atoms with Crippen molar-refractivity contribution in [2.45, 2.75) is 13.5 Å². The molecule has 0 saturated carbocycles. The second kappa shape index (κ2) is 6.36. The number of aryl methyl sites for hydroxylation is 1. The number of ether oxygens (including phenoxy) is 1. The second-order valence-electron chi connectivity index (χ2n) is 4.84. The summed E-state index contributed by atoms with van der Waals surface area (Å²) in [6.45, 7) is 1.64. The van der Waals surface area contributed by atoms with E-state index in [0.717, 1.165) is 10.3 Å². The fourth-order valence-electron chi connectivity index (χ4n) is 2.03. The smallest absolute Gasteiger partial charge is 0.412 e. The molecule has 0 bridgehead atoms. The van der Waals surface area contributed by atoms with Gasteiger partial charge in [0, 0.05) is 18.7 Å². The molecular weight excluding hydrogens is 316 g/mol. The third-order valence-corrected chi connectivity index (χ3v) is 3.02. The number of carbonyl (C=O) groups excluding carboxylic acids is 2. The van der Waals surface area contributed by atoms with E-state index in [1.165, 1.54) is 13.3 Å². The molecule has 0 fully saturated rings. The van der Waals surface area contributed by atoms with Gasteiger partial charge >= 0.3 is 6.09 Å². The Morgan fingerprint density at radius 1 is 1.33 bits per heavy atom. The number of amides is 2. The first-order valence-corrected chi connectivity index (χ1v) is 6.95. The fourth-order valence-corrected chi connectivity index (χ4v) is 2.03. The van der Waals surface area contributed by atoms with Crippen molar-refractivity contribution < 1.29 is 18.7 Å². The lowest BCUT2D eigenvalue weighted by molar-refractivity contribution is -0.117. The summed E-state index contributed by atoms with van der Waals surface area (Å²) in [6, 6.07) is 5.17. The molecule has 0 atom stereocenters. The number of nitrogens with one attached hydrogen (secondary N) is 2. The van der Waals surface area contributed by atoms with Gasteiger partial charge in [0.2, 0.25) is 5.91 Å². The molecule has 2 aromatic heterocycles. The van der Waals surface area contributed by atoms with Crippen molar-refractivity contribution in [3.63, 3.8) is 0 Å². The summed E-state index contributed by atoms with van der Waals surface area (Å²) in [6.07, 6.45) is 0.648. The van der Waals surface area contributed by atoms with Gasteiger partial charge in [-0.25, -0.2) is 9.78 Å². The van der Waals surface area contributed by atoms with Crippen LogP contribution in [0.1, 0.15) is 5.89 Å². The Labute approximate surface area is 135 Å². The lowest BCUT2D eigenvalue weighted by atomic mass is 10.3. The first-order chi connectivity index (χ1) is 11.5. The average Bonchev–Trinajstić information content (AvgIpc) is 3.11. The minimum absolute atomic E-state index is 0.115. The third-order valence-electron chi connectivity index (χ3n) is 3.02. The zero-order chi connectivity index (χ0) is 17.1. The summed E-state index contributed by atoms with van der Waals surface area (Å²) in [7, 11) is 1.24. The maximum Gasteiger partial charge on any atom is 0.412 e. The molecule has 3 rings (SSSR count). The number of hydrogen-bond donors (Lipinski definition) is 2. The number of benzene rings is 1. The highest BCUT2D eigenvalue weighted by Crippen LogP contribution is 2.19. The summed E-state index contributed by atoms with van der Waals surface area (Å²) >= 11 is 0. The van der Waals surface area contributed by atoms with Crippen LogP contribution >= 0.6 is 0 Å². The molecule has 2 amide bonds. The van der Waals surface area contributed by atoms with Gasteiger partial charge in [0.25, 0.3) is 0 Å². The predicted molar refractivity (Wildman–Crippen MR) is 83.4 cm³/mol. The first kappa shape index (κ1) is 15.5. The Bertz CT molecular complexity index is 900. The number of methoxy groups -OCH3 is 1. The molecular formula is C14H14N6O4. The molecule has 3 aromatic rings. The Hall–Kier alpha value is -3.43. The number of anilines is 2. The van der Waals surface area contributed by atoms with E-state index in [9.17, 15) is 9.59 Å². The van der Waals surface area contributed by atoms with Crippen LogP contribution in [0.4, 0.5) is 16.3 Å². The number of hydrogen-bond acceptors (Lipinski definition) is 7. The van der Waals surface area contributed by atoms with Gasteiger partial charge in [0.05, 0.1) is 13.3 Å². The summed E-state index contributed by atoms with van der Waals surface area (Å²) < 4.78 is 9.85. The number of oxazole rings is 1. The van der Waals surface area contributed by atoms with Gasteiger partial charge in [-0.2, -0.15) is 9.90 Å². The zero-order valence-corrected chi connectivity index (χ0v) is 12.9. The van der Waals surface area contributed by atoms with Crippen molar-refractivity contribution in [2.75, 3.05) is 17.7 Å². The number of rotatable bonds is 4. The molecule has 0 radical (unpaired) electrons.